The molecule has 0 fully saturated rings. The predicted molar refractivity (Wildman–Crippen MR) is 71.9 cm³/mol. The summed E-state index contributed by atoms with van der Waals surface area (Å²) >= 11 is 0. The second-order valence-electron chi connectivity index (χ2n) is 5.51. The molecule has 0 saturated heterocycles. The molecule has 0 aliphatic carbocycles. The number of furan rings is 1. The maximum Gasteiger partial charge on any atom is 0.170 e. The van der Waals surface area contributed by atoms with Gasteiger partial charge in [0.25, 0.3) is 0 Å². The molecule has 0 N–H and O–H groups in total. The van der Waals surface area contributed by atoms with Gasteiger partial charge in [0.15, 0.2) is 5.78 Å². The molecular weight excluding hydrogens is 224 g/mol. The molecule has 0 aliphatic rings. The summed E-state index contributed by atoms with van der Waals surface area (Å²) in [6.45, 7) is 6.48. The molecule has 0 aliphatic heterocycles. The second kappa shape index (κ2) is 4.81. The van der Waals surface area contributed by atoms with Crippen molar-refractivity contribution in [3.8, 4) is 0 Å². The van der Waals surface area contributed by atoms with Gasteiger partial charge in [-0.1, -0.05) is 45.0 Å². The summed E-state index contributed by atoms with van der Waals surface area (Å²) < 4.78 is 5.18. The topological polar surface area (TPSA) is 30.2 Å². The lowest BCUT2D eigenvalue weighted by Gasteiger charge is -2.18. The van der Waals surface area contributed by atoms with Gasteiger partial charge in [-0.15, -0.1) is 0 Å². The molecule has 18 heavy (non-hydrogen) atoms. The van der Waals surface area contributed by atoms with Gasteiger partial charge in [0, 0.05) is 5.56 Å². The third kappa shape index (κ3) is 2.89. The van der Waals surface area contributed by atoms with Crippen LogP contribution in [0.15, 0.2) is 47.1 Å². The standard InChI is InChI=1S/C16H18O2/c1-16(2,3)13-8-6-12(7-9-13)15(17)11-14-5-4-10-18-14/h4-10H,11H2,1-3H3. The van der Waals surface area contributed by atoms with Crippen LogP contribution in [0, 0.1) is 0 Å². The Morgan fingerprint density at radius 2 is 1.78 bits per heavy atom. The van der Waals surface area contributed by atoms with Crippen molar-refractivity contribution in [3.63, 3.8) is 0 Å². The van der Waals surface area contributed by atoms with E-state index >= 15 is 0 Å². The van der Waals surface area contributed by atoms with E-state index in [4.69, 9.17) is 4.42 Å². The Hall–Kier alpha value is -1.83. The van der Waals surface area contributed by atoms with Gasteiger partial charge < -0.3 is 4.42 Å². The van der Waals surface area contributed by atoms with Crippen LogP contribution in [0.5, 0.6) is 0 Å². The van der Waals surface area contributed by atoms with E-state index in [1.807, 2.05) is 30.3 Å². The monoisotopic (exact) mass is 242 g/mol. The highest BCUT2D eigenvalue weighted by Gasteiger charge is 2.14. The van der Waals surface area contributed by atoms with Gasteiger partial charge in [-0.25, -0.2) is 0 Å². The van der Waals surface area contributed by atoms with E-state index in [0.29, 0.717) is 12.2 Å². The normalized spacial score (nSPS) is 11.5. The van der Waals surface area contributed by atoms with Gasteiger partial charge in [0.2, 0.25) is 0 Å². The third-order valence-electron chi connectivity index (χ3n) is 2.99. The Morgan fingerprint density at radius 3 is 2.28 bits per heavy atom. The number of hydrogen-bond donors (Lipinski definition) is 0. The number of Topliss-reactive ketones (excluding diaryl/α,β-unsaturated/α-hetero) is 1. The van der Waals surface area contributed by atoms with Crippen LogP contribution in [-0.4, -0.2) is 5.78 Å². The van der Waals surface area contributed by atoms with E-state index in [1.54, 1.807) is 12.3 Å². The molecule has 2 rings (SSSR count). The lowest BCUT2D eigenvalue weighted by atomic mass is 9.86. The van der Waals surface area contributed by atoms with E-state index in [-0.39, 0.29) is 11.2 Å². The highest BCUT2D eigenvalue weighted by molar-refractivity contribution is 5.97. The first-order valence-corrected chi connectivity index (χ1v) is 6.13. The lowest BCUT2D eigenvalue weighted by Crippen LogP contribution is -2.11. The molecule has 2 nitrogen and oxygen atoms in total. The van der Waals surface area contributed by atoms with Gasteiger partial charge in [-0.2, -0.15) is 0 Å². The van der Waals surface area contributed by atoms with Crippen LogP contribution in [-0.2, 0) is 11.8 Å². The minimum absolute atomic E-state index is 0.0883. The lowest BCUT2D eigenvalue weighted by molar-refractivity contribution is 0.0987. The minimum Gasteiger partial charge on any atom is -0.469 e. The molecule has 0 atom stereocenters. The van der Waals surface area contributed by atoms with Gasteiger partial charge >= 0.3 is 0 Å². The maximum absolute atomic E-state index is 12.0. The number of benzene rings is 1. The van der Waals surface area contributed by atoms with Crippen molar-refractivity contribution in [2.45, 2.75) is 32.6 Å². The Bertz CT molecular complexity index is 513. The molecule has 0 unspecified atom stereocenters. The van der Waals surface area contributed by atoms with Crippen molar-refractivity contribution in [1.82, 2.24) is 0 Å². The number of carbonyl (C=O) groups is 1. The van der Waals surface area contributed by atoms with Gasteiger partial charge in [-0.05, 0) is 23.1 Å². The SMILES string of the molecule is CC(C)(C)c1ccc(C(=O)Cc2ccco2)cc1. The van der Waals surface area contributed by atoms with Crippen molar-refractivity contribution in [1.29, 1.82) is 0 Å². The third-order valence-corrected chi connectivity index (χ3v) is 2.99. The zero-order valence-electron chi connectivity index (χ0n) is 11.1. The molecule has 94 valence electrons. The quantitative estimate of drug-likeness (QED) is 0.761. The van der Waals surface area contributed by atoms with Crippen molar-refractivity contribution >= 4 is 5.78 Å². The second-order valence-corrected chi connectivity index (χ2v) is 5.51. The molecule has 2 heteroatoms. The van der Waals surface area contributed by atoms with Crippen LogP contribution in [0.2, 0.25) is 0 Å². The molecule has 0 spiro atoms. The summed E-state index contributed by atoms with van der Waals surface area (Å²) in [6, 6.07) is 11.5. The fourth-order valence-electron chi connectivity index (χ4n) is 1.83. The Kier molecular flexibility index (Phi) is 3.37. The fraction of sp³-hybridized carbons (Fsp3) is 0.312. The van der Waals surface area contributed by atoms with Gasteiger partial charge in [-0.3, -0.25) is 4.79 Å². The van der Waals surface area contributed by atoms with E-state index in [9.17, 15) is 4.79 Å². The Balaban J connectivity index is 2.12. The Labute approximate surface area is 108 Å². The van der Waals surface area contributed by atoms with Crippen molar-refractivity contribution in [2.75, 3.05) is 0 Å². The Morgan fingerprint density at radius 1 is 1.11 bits per heavy atom. The summed E-state index contributed by atoms with van der Waals surface area (Å²) in [5, 5.41) is 0. The number of hydrogen-bond acceptors (Lipinski definition) is 2. The first-order valence-electron chi connectivity index (χ1n) is 6.13. The van der Waals surface area contributed by atoms with E-state index < -0.39 is 0 Å². The molecule has 2 aromatic rings. The zero-order chi connectivity index (χ0) is 13.2. The van der Waals surface area contributed by atoms with Crippen LogP contribution in [0.4, 0.5) is 0 Å². The van der Waals surface area contributed by atoms with Crippen LogP contribution in [0.25, 0.3) is 0 Å². The maximum atomic E-state index is 12.0. The van der Waals surface area contributed by atoms with Crippen LogP contribution in [0.3, 0.4) is 0 Å². The molecular formula is C16H18O2. The summed E-state index contributed by atoms with van der Waals surface area (Å²) in [7, 11) is 0. The van der Waals surface area contributed by atoms with Crippen molar-refractivity contribution in [3.05, 3.63) is 59.5 Å². The van der Waals surface area contributed by atoms with Crippen molar-refractivity contribution < 1.29 is 9.21 Å². The number of carbonyl (C=O) groups excluding carboxylic acids is 1. The highest BCUT2D eigenvalue weighted by atomic mass is 16.3. The zero-order valence-corrected chi connectivity index (χ0v) is 11.1. The molecule has 0 saturated carbocycles. The van der Waals surface area contributed by atoms with E-state index in [0.717, 1.165) is 5.56 Å². The average Bonchev–Trinajstić information content (AvgIpc) is 2.81. The predicted octanol–water partition coefficient (Wildman–Crippen LogP) is 4.00. The summed E-state index contributed by atoms with van der Waals surface area (Å²) in [5.74, 6) is 0.797. The first-order chi connectivity index (χ1) is 8.47. The number of ketones is 1. The van der Waals surface area contributed by atoms with Crippen LogP contribution >= 0.6 is 0 Å². The molecule has 1 aromatic carbocycles. The largest absolute Gasteiger partial charge is 0.469 e. The fourth-order valence-corrected chi connectivity index (χ4v) is 1.83. The summed E-state index contributed by atoms with van der Waals surface area (Å²) in [4.78, 5) is 12.0. The smallest absolute Gasteiger partial charge is 0.170 e. The van der Waals surface area contributed by atoms with Crippen LogP contribution in [0.1, 0.15) is 42.5 Å². The average molecular weight is 242 g/mol. The highest BCUT2D eigenvalue weighted by Crippen LogP contribution is 2.22. The summed E-state index contributed by atoms with van der Waals surface area (Å²) in [5.41, 5.74) is 2.08. The van der Waals surface area contributed by atoms with Crippen molar-refractivity contribution in [2.24, 2.45) is 0 Å². The molecule has 0 radical (unpaired) electrons. The van der Waals surface area contributed by atoms with Crippen LogP contribution < -0.4 is 0 Å². The molecule has 0 bridgehead atoms. The molecule has 1 aromatic heterocycles. The van der Waals surface area contributed by atoms with E-state index in [1.165, 1.54) is 5.56 Å². The molecule has 0 amide bonds. The van der Waals surface area contributed by atoms with Gasteiger partial charge in [0.1, 0.15) is 5.76 Å². The summed E-state index contributed by atoms with van der Waals surface area (Å²) in [6.07, 6.45) is 1.91. The first kappa shape index (κ1) is 12.6. The van der Waals surface area contributed by atoms with Gasteiger partial charge in [0.05, 0.1) is 12.7 Å². The molecule has 1 heterocycles. The van der Waals surface area contributed by atoms with E-state index in [2.05, 4.69) is 20.8 Å². The minimum atomic E-state index is 0.0883. The number of rotatable bonds is 3.